The SMILES string of the molecule is CN1C(=O)c2ccccc2N(O)C1S. The Labute approximate surface area is 87.1 Å². The van der Waals surface area contributed by atoms with Crippen molar-refractivity contribution in [1.29, 1.82) is 0 Å². The molecule has 0 spiro atoms. The zero-order chi connectivity index (χ0) is 10.3. The second-order valence-electron chi connectivity index (χ2n) is 3.12. The zero-order valence-corrected chi connectivity index (χ0v) is 8.48. The van der Waals surface area contributed by atoms with Crippen molar-refractivity contribution in [3.05, 3.63) is 29.8 Å². The van der Waals surface area contributed by atoms with Crippen molar-refractivity contribution in [2.24, 2.45) is 0 Å². The van der Waals surface area contributed by atoms with E-state index in [1.807, 2.05) is 0 Å². The van der Waals surface area contributed by atoms with Crippen LogP contribution in [-0.2, 0) is 0 Å². The third-order valence-electron chi connectivity index (χ3n) is 2.27. The molecule has 0 fully saturated rings. The number of carbonyl (C=O) groups is 1. The van der Waals surface area contributed by atoms with Crippen LogP contribution in [-0.4, -0.2) is 28.6 Å². The molecule has 0 saturated heterocycles. The van der Waals surface area contributed by atoms with Gasteiger partial charge in [0.05, 0.1) is 11.3 Å². The van der Waals surface area contributed by atoms with Crippen molar-refractivity contribution < 1.29 is 10.0 Å². The van der Waals surface area contributed by atoms with E-state index in [1.165, 1.54) is 4.90 Å². The Bertz CT molecular complexity index is 383. The fourth-order valence-electron chi connectivity index (χ4n) is 1.44. The Balaban J connectivity index is 2.56. The summed E-state index contributed by atoms with van der Waals surface area (Å²) in [4.78, 5) is 13.1. The molecular weight excluding hydrogens is 200 g/mol. The van der Waals surface area contributed by atoms with Gasteiger partial charge in [0.2, 0.25) is 0 Å². The van der Waals surface area contributed by atoms with Gasteiger partial charge in [0.25, 0.3) is 5.91 Å². The van der Waals surface area contributed by atoms with Crippen LogP contribution in [0.3, 0.4) is 0 Å². The van der Waals surface area contributed by atoms with E-state index in [4.69, 9.17) is 0 Å². The highest BCUT2D eigenvalue weighted by molar-refractivity contribution is 7.81. The van der Waals surface area contributed by atoms with Gasteiger partial charge in [-0.3, -0.25) is 10.0 Å². The van der Waals surface area contributed by atoms with Crippen LogP contribution in [0.4, 0.5) is 5.69 Å². The minimum atomic E-state index is -0.627. The summed E-state index contributed by atoms with van der Waals surface area (Å²) in [7, 11) is 1.60. The molecule has 0 bridgehead atoms. The number of thiol groups is 1. The second-order valence-corrected chi connectivity index (χ2v) is 3.59. The van der Waals surface area contributed by atoms with Gasteiger partial charge >= 0.3 is 0 Å². The lowest BCUT2D eigenvalue weighted by molar-refractivity contribution is 0.0680. The Hall–Kier alpha value is -1.20. The largest absolute Gasteiger partial charge is 0.311 e. The molecule has 1 atom stereocenters. The molecule has 0 aliphatic carbocycles. The highest BCUT2D eigenvalue weighted by Gasteiger charge is 2.32. The molecule has 2 rings (SSSR count). The highest BCUT2D eigenvalue weighted by atomic mass is 32.1. The predicted molar refractivity (Wildman–Crippen MR) is 55.6 cm³/mol. The molecule has 0 aromatic heterocycles. The molecule has 1 aromatic carbocycles. The molecular formula is C9H10N2O2S. The summed E-state index contributed by atoms with van der Waals surface area (Å²) in [6, 6.07) is 6.89. The number of rotatable bonds is 0. The van der Waals surface area contributed by atoms with Gasteiger partial charge in [-0.05, 0) is 12.1 Å². The number of para-hydroxylation sites is 1. The van der Waals surface area contributed by atoms with Crippen LogP contribution in [0.1, 0.15) is 10.4 Å². The van der Waals surface area contributed by atoms with Gasteiger partial charge in [-0.1, -0.05) is 12.1 Å². The third kappa shape index (κ3) is 1.17. The van der Waals surface area contributed by atoms with Crippen molar-refractivity contribution in [3.8, 4) is 0 Å². The van der Waals surface area contributed by atoms with Crippen molar-refractivity contribution in [1.82, 2.24) is 4.90 Å². The van der Waals surface area contributed by atoms with Gasteiger partial charge in [0, 0.05) is 7.05 Å². The lowest BCUT2D eigenvalue weighted by atomic mass is 10.1. The maximum Gasteiger partial charge on any atom is 0.258 e. The van der Waals surface area contributed by atoms with Crippen molar-refractivity contribution >= 4 is 24.2 Å². The van der Waals surface area contributed by atoms with Gasteiger partial charge in [0.1, 0.15) is 0 Å². The number of anilines is 1. The van der Waals surface area contributed by atoms with Gasteiger partial charge in [-0.15, -0.1) is 12.6 Å². The summed E-state index contributed by atoms with van der Waals surface area (Å²) in [5, 5.41) is 10.7. The van der Waals surface area contributed by atoms with Crippen LogP contribution in [0, 0.1) is 0 Å². The van der Waals surface area contributed by atoms with E-state index >= 15 is 0 Å². The molecule has 1 aromatic rings. The Morgan fingerprint density at radius 2 is 2.07 bits per heavy atom. The number of fused-ring (bicyclic) bond motifs is 1. The summed E-state index contributed by atoms with van der Waals surface area (Å²) < 4.78 is 0. The first-order valence-electron chi connectivity index (χ1n) is 4.15. The maximum absolute atomic E-state index is 11.7. The summed E-state index contributed by atoms with van der Waals surface area (Å²) in [6.07, 6.45) is 0. The second kappa shape index (κ2) is 3.18. The van der Waals surface area contributed by atoms with Crippen LogP contribution in [0.15, 0.2) is 24.3 Å². The van der Waals surface area contributed by atoms with Gasteiger partial charge < -0.3 is 4.90 Å². The number of benzene rings is 1. The van der Waals surface area contributed by atoms with Crippen LogP contribution in [0.25, 0.3) is 0 Å². The van der Waals surface area contributed by atoms with Gasteiger partial charge in [-0.2, -0.15) is 0 Å². The van der Waals surface area contributed by atoms with Crippen LogP contribution in [0.2, 0.25) is 0 Å². The van der Waals surface area contributed by atoms with E-state index in [2.05, 4.69) is 12.6 Å². The van der Waals surface area contributed by atoms with E-state index < -0.39 is 5.50 Å². The van der Waals surface area contributed by atoms with Gasteiger partial charge in [0.15, 0.2) is 5.50 Å². The van der Waals surface area contributed by atoms with E-state index in [1.54, 1.807) is 31.3 Å². The summed E-state index contributed by atoms with van der Waals surface area (Å²) in [5.74, 6) is -0.133. The first kappa shape index (κ1) is 9.36. The van der Waals surface area contributed by atoms with Gasteiger partial charge in [-0.25, -0.2) is 5.06 Å². The standard InChI is InChI=1S/C9H10N2O2S/c1-10-8(12)6-4-2-3-5-7(6)11(13)9(10)14/h2-5,9,13-14H,1H3. The number of hydrogen-bond acceptors (Lipinski definition) is 4. The molecule has 1 aliphatic heterocycles. The van der Waals surface area contributed by atoms with Crippen LogP contribution < -0.4 is 5.06 Å². The van der Waals surface area contributed by atoms with Crippen LogP contribution in [0.5, 0.6) is 0 Å². The minimum absolute atomic E-state index is 0.133. The highest BCUT2D eigenvalue weighted by Crippen LogP contribution is 2.29. The fraction of sp³-hybridized carbons (Fsp3) is 0.222. The predicted octanol–water partition coefficient (Wildman–Crippen LogP) is 1.18. The summed E-state index contributed by atoms with van der Waals surface area (Å²) >= 11 is 4.12. The molecule has 4 nitrogen and oxygen atoms in total. The molecule has 5 heteroatoms. The number of nitrogens with zero attached hydrogens (tertiary/aromatic N) is 2. The first-order chi connectivity index (χ1) is 6.63. The van der Waals surface area contributed by atoms with Crippen molar-refractivity contribution in [2.45, 2.75) is 5.50 Å². The quantitative estimate of drug-likeness (QED) is 0.632. The summed E-state index contributed by atoms with van der Waals surface area (Å²) in [5.41, 5.74) is 0.357. The zero-order valence-electron chi connectivity index (χ0n) is 7.58. The third-order valence-corrected chi connectivity index (χ3v) is 2.83. The Morgan fingerprint density at radius 1 is 1.43 bits per heavy atom. The van der Waals surface area contributed by atoms with E-state index in [0.717, 1.165) is 5.06 Å². The molecule has 74 valence electrons. The molecule has 1 N–H and O–H groups in total. The molecule has 1 heterocycles. The normalized spacial score (nSPS) is 21.1. The van der Waals surface area contributed by atoms with Crippen molar-refractivity contribution in [2.75, 3.05) is 12.1 Å². The van der Waals surface area contributed by atoms with E-state index in [9.17, 15) is 10.0 Å². The molecule has 1 amide bonds. The monoisotopic (exact) mass is 210 g/mol. The molecule has 0 saturated carbocycles. The van der Waals surface area contributed by atoms with Crippen molar-refractivity contribution in [3.63, 3.8) is 0 Å². The number of hydroxylamine groups is 1. The number of carbonyl (C=O) groups excluding carboxylic acids is 1. The fourth-order valence-corrected chi connectivity index (χ4v) is 1.67. The van der Waals surface area contributed by atoms with E-state index in [-0.39, 0.29) is 5.91 Å². The lowest BCUT2D eigenvalue weighted by Gasteiger charge is -2.37. The molecule has 1 unspecified atom stereocenters. The molecule has 0 radical (unpaired) electrons. The first-order valence-corrected chi connectivity index (χ1v) is 4.67. The summed E-state index contributed by atoms with van der Waals surface area (Å²) in [6.45, 7) is 0. The molecule has 14 heavy (non-hydrogen) atoms. The number of hydrogen-bond donors (Lipinski definition) is 2. The smallest absolute Gasteiger partial charge is 0.258 e. The lowest BCUT2D eigenvalue weighted by Crippen LogP contribution is -2.49. The Morgan fingerprint density at radius 3 is 2.79 bits per heavy atom. The van der Waals surface area contributed by atoms with Crippen LogP contribution >= 0.6 is 12.6 Å². The molecule has 1 aliphatic rings. The Kier molecular flexibility index (Phi) is 2.13. The minimum Gasteiger partial charge on any atom is -0.311 e. The maximum atomic E-state index is 11.7. The number of amides is 1. The topological polar surface area (TPSA) is 43.8 Å². The van der Waals surface area contributed by atoms with E-state index in [0.29, 0.717) is 11.3 Å². The average molecular weight is 210 g/mol. The average Bonchev–Trinajstić information content (AvgIpc) is 2.23.